The summed E-state index contributed by atoms with van der Waals surface area (Å²) in [4.78, 5) is 32.2. The van der Waals surface area contributed by atoms with Crippen molar-refractivity contribution in [2.75, 3.05) is 13.1 Å². The molecule has 0 spiro atoms. The predicted octanol–water partition coefficient (Wildman–Crippen LogP) is -1.60. The number of nitrogens with zero attached hydrogens (tertiary/aromatic N) is 1. The zero-order valence-electron chi connectivity index (χ0n) is 6.61. The Morgan fingerprint density at radius 2 is 1.92 bits per heavy atom. The second kappa shape index (κ2) is 4.45. The van der Waals surface area contributed by atoms with Gasteiger partial charge in [0.2, 0.25) is 11.8 Å². The molecule has 68 valence electrons. The first-order valence-electron chi connectivity index (χ1n) is 3.21. The van der Waals surface area contributed by atoms with Crippen LogP contribution in [0.2, 0.25) is 0 Å². The Morgan fingerprint density at radius 1 is 1.42 bits per heavy atom. The molecule has 0 aliphatic heterocycles. The molecule has 0 radical (unpaired) electrons. The van der Waals surface area contributed by atoms with Crippen LogP contribution >= 0.6 is 0 Å². The van der Waals surface area contributed by atoms with E-state index in [9.17, 15) is 14.4 Å². The Bertz CT molecular complexity index is 214. The highest BCUT2D eigenvalue weighted by atomic mass is 16.4. The Hall–Kier alpha value is -1.43. The largest absolute Gasteiger partial charge is 0.480 e. The SMILES string of the molecule is CC(=O)N(CC(=O)O)C(=O)CN. The van der Waals surface area contributed by atoms with Crippen LogP contribution in [0.25, 0.3) is 0 Å². The quantitative estimate of drug-likeness (QED) is 0.537. The van der Waals surface area contributed by atoms with Gasteiger partial charge in [-0.3, -0.25) is 19.3 Å². The van der Waals surface area contributed by atoms with Crippen LogP contribution in [0.1, 0.15) is 6.92 Å². The second-order valence-corrected chi connectivity index (χ2v) is 2.10. The molecule has 6 heteroatoms. The summed E-state index contributed by atoms with van der Waals surface area (Å²) in [6.07, 6.45) is 0. The third-order valence-corrected chi connectivity index (χ3v) is 1.15. The molecule has 2 amide bonds. The predicted molar refractivity (Wildman–Crippen MR) is 39.1 cm³/mol. The summed E-state index contributed by atoms with van der Waals surface area (Å²) in [5, 5.41) is 8.29. The fourth-order valence-corrected chi connectivity index (χ4v) is 0.621. The summed E-state index contributed by atoms with van der Waals surface area (Å²) >= 11 is 0. The summed E-state index contributed by atoms with van der Waals surface area (Å²) in [6.45, 7) is 0.106. The average molecular weight is 174 g/mol. The monoisotopic (exact) mass is 174 g/mol. The number of carbonyl (C=O) groups excluding carboxylic acids is 2. The van der Waals surface area contributed by atoms with Gasteiger partial charge in [0.1, 0.15) is 6.54 Å². The van der Waals surface area contributed by atoms with Crippen molar-refractivity contribution in [3.05, 3.63) is 0 Å². The fourth-order valence-electron chi connectivity index (χ4n) is 0.621. The molecule has 0 saturated heterocycles. The molecule has 0 atom stereocenters. The number of imide groups is 1. The molecular formula is C6H10N2O4. The maximum Gasteiger partial charge on any atom is 0.323 e. The van der Waals surface area contributed by atoms with Gasteiger partial charge in [0.25, 0.3) is 0 Å². The van der Waals surface area contributed by atoms with Crippen LogP contribution in [0.4, 0.5) is 0 Å². The van der Waals surface area contributed by atoms with Crippen molar-refractivity contribution < 1.29 is 19.5 Å². The van der Waals surface area contributed by atoms with E-state index in [1.807, 2.05) is 0 Å². The van der Waals surface area contributed by atoms with Crippen molar-refractivity contribution in [1.82, 2.24) is 4.90 Å². The summed E-state index contributed by atoms with van der Waals surface area (Å²) in [6, 6.07) is 0. The minimum atomic E-state index is -1.24. The van der Waals surface area contributed by atoms with Crippen molar-refractivity contribution in [2.45, 2.75) is 6.92 Å². The summed E-state index contributed by atoms with van der Waals surface area (Å²) < 4.78 is 0. The number of carboxylic acids is 1. The lowest BCUT2D eigenvalue weighted by atomic mass is 10.4. The molecule has 0 rings (SSSR count). The lowest BCUT2D eigenvalue weighted by Crippen LogP contribution is -2.42. The minimum absolute atomic E-state index is 0.368. The molecule has 12 heavy (non-hydrogen) atoms. The number of amides is 2. The number of rotatable bonds is 3. The van der Waals surface area contributed by atoms with Crippen molar-refractivity contribution in [1.29, 1.82) is 0 Å². The normalized spacial score (nSPS) is 9.17. The maximum atomic E-state index is 10.8. The average Bonchev–Trinajstić information content (AvgIpc) is 1.98. The van der Waals surface area contributed by atoms with E-state index < -0.39 is 24.3 Å². The number of carboxylic acid groups (broad SMARTS) is 1. The molecule has 0 unspecified atom stereocenters. The summed E-state index contributed by atoms with van der Waals surface area (Å²) in [5.74, 6) is -2.55. The molecule has 0 aromatic carbocycles. The van der Waals surface area contributed by atoms with E-state index in [2.05, 4.69) is 0 Å². The van der Waals surface area contributed by atoms with Crippen LogP contribution in [0.15, 0.2) is 0 Å². The van der Waals surface area contributed by atoms with Crippen LogP contribution < -0.4 is 5.73 Å². The van der Waals surface area contributed by atoms with Crippen LogP contribution in [0.3, 0.4) is 0 Å². The van der Waals surface area contributed by atoms with Crippen molar-refractivity contribution in [3.63, 3.8) is 0 Å². The molecule has 3 N–H and O–H groups in total. The van der Waals surface area contributed by atoms with Crippen molar-refractivity contribution in [3.8, 4) is 0 Å². The van der Waals surface area contributed by atoms with Gasteiger partial charge in [-0.15, -0.1) is 0 Å². The first-order chi connectivity index (χ1) is 5.49. The molecule has 0 saturated carbocycles. The highest BCUT2D eigenvalue weighted by Crippen LogP contribution is 1.89. The Labute approximate surface area is 68.9 Å². The Balaban J connectivity index is 4.33. The topological polar surface area (TPSA) is 101 Å². The van der Waals surface area contributed by atoms with Gasteiger partial charge in [-0.1, -0.05) is 0 Å². The van der Waals surface area contributed by atoms with Crippen LogP contribution in [0.5, 0.6) is 0 Å². The van der Waals surface area contributed by atoms with Gasteiger partial charge >= 0.3 is 5.97 Å². The molecule has 0 heterocycles. The molecule has 0 aliphatic rings. The number of nitrogens with two attached hydrogens (primary N) is 1. The van der Waals surface area contributed by atoms with Crippen molar-refractivity contribution in [2.24, 2.45) is 5.73 Å². The van der Waals surface area contributed by atoms with E-state index in [-0.39, 0.29) is 6.54 Å². The first kappa shape index (κ1) is 10.6. The number of aliphatic carboxylic acids is 1. The van der Waals surface area contributed by atoms with Gasteiger partial charge in [0, 0.05) is 6.92 Å². The number of hydrogen-bond donors (Lipinski definition) is 2. The fraction of sp³-hybridized carbons (Fsp3) is 0.500. The lowest BCUT2D eigenvalue weighted by molar-refractivity contribution is -0.151. The molecule has 0 aromatic rings. The maximum absolute atomic E-state index is 10.8. The molecule has 0 aliphatic carbocycles. The van der Waals surface area contributed by atoms with Crippen molar-refractivity contribution >= 4 is 17.8 Å². The minimum Gasteiger partial charge on any atom is -0.480 e. The van der Waals surface area contributed by atoms with E-state index in [1.165, 1.54) is 0 Å². The molecule has 0 bridgehead atoms. The van der Waals surface area contributed by atoms with Gasteiger partial charge in [-0.25, -0.2) is 0 Å². The highest BCUT2D eigenvalue weighted by molar-refractivity contribution is 5.97. The van der Waals surface area contributed by atoms with Crippen LogP contribution in [-0.2, 0) is 14.4 Å². The van der Waals surface area contributed by atoms with Gasteiger partial charge in [-0.2, -0.15) is 0 Å². The molecule has 0 aromatic heterocycles. The zero-order valence-corrected chi connectivity index (χ0v) is 6.61. The zero-order chi connectivity index (χ0) is 9.72. The van der Waals surface area contributed by atoms with Crippen LogP contribution in [-0.4, -0.2) is 40.9 Å². The third-order valence-electron chi connectivity index (χ3n) is 1.15. The lowest BCUT2D eigenvalue weighted by Gasteiger charge is -2.14. The number of carbonyl (C=O) groups is 3. The van der Waals surface area contributed by atoms with E-state index >= 15 is 0 Å². The Kier molecular flexibility index (Phi) is 3.92. The van der Waals surface area contributed by atoms with E-state index in [0.29, 0.717) is 4.90 Å². The van der Waals surface area contributed by atoms with Gasteiger partial charge in [-0.05, 0) is 0 Å². The Morgan fingerprint density at radius 3 is 2.17 bits per heavy atom. The highest BCUT2D eigenvalue weighted by Gasteiger charge is 2.18. The van der Waals surface area contributed by atoms with Crippen LogP contribution in [0, 0.1) is 0 Å². The molecular weight excluding hydrogens is 164 g/mol. The number of hydrogen-bond acceptors (Lipinski definition) is 4. The summed E-state index contributed by atoms with van der Waals surface area (Å²) in [5.41, 5.74) is 4.95. The van der Waals surface area contributed by atoms with E-state index in [0.717, 1.165) is 6.92 Å². The summed E-state index contributed by atoms with van der Waals surface area (Å²) in [7, 11) is 0. The molecule has 0 fully saturated rings. The standard InChI is InChI=1S/C6H10N2O4/c1-4(9)8(3-6(11)12)5(10)2-7/h2-3,7H2,1H3,(H,11,12). The van der Waals surface area contributed by atoms with Gasteiger partial charge < -0.3 is 10.8 Å². The third kappa shape index (κ3) is 3.11. The molecule has 6 nitrogen and oxygen atoms in total. The van der Waals surface area contributed by atoms with E-state index in [4.69, 9.17) is 10.8 Å². The first-order valence-corrected chi connectivity index (χ1v) is 3.21. The van der Waals surface area contributed by atoms with Gasteiger partial charge in [0.15, 0.2) is 0 Å². The smallest absolute Gasteiger partial charge is 0.323 e. The second-order valence-electron chi connectivity index (χ2n) is 2.10. The van der Waals surface area contributed by atoms with E-state index in [1.54, 1.807) is 0 Å². The van der Waals surface area contributed by atoms with Gasteiger partial charge in [0.05, 0.1) is 6.54 Å².